The number of benzene rings is 1. The standard InChI is InChI=1S/C16H21NO4/c18-16(17-6-10-19-11-7-17)5-9-20-14-3-4-15-13(12-14)2-1-8-21-15/h3-4,12H,1-2,5-11H2. The molecule has 1 amide bonds. The lowest BCUT2D eigenvalue weighted by Crippen LogP contribution is -2.41. The Morgan fingerprint density at radius 1 is 1.24 bits per heavy atom. The third kappa shape index (κ3) is 3.67. The van der Waals surface area contributed by atoms with Crippen molar-refractivity contribution in [2.45, 2.75) is 19.3 Å². The fourth-order valence-corrected chi connectivity index (χ4v) is 2.65. The van der Waals surface area contributed by atoms with Gasteiger partial charge in [0.2, 0.25) is 5.91 Å². The number of hydrogen-bond acceptors (Lipinski definition) is 4. The first-order valence-corrected chi connectivity index (χ1v) is 7.57. The van der Waals surface area contributed by atoms with E-state index >= 15 is 0 Å². The Hall–Kier alpha value is -1.75. The summed E-state index contributed by atoms with van der Waals surface area (Å²) in [6.07, 6.45) is 2.48. The molecule has 21 heavy (non-hydrogen) atoms. The van der Waals surface area contributed by atoms with E-state index in [1.807, 2.05) is 23.1 Å². The van der Waals surface area contributed by atoms with Gasteiger partial charge in [0.15, 0.2) is 0 Å². The number of carbonyl (C=O) groups is 1. The summed E-state index contributed by atoms with van der Waals surface area (Å²) in [5.74, 6) is 1.91. The van der Waals surface area contributed by atoms with Gasteiger partial charge in [0.25, 0.3) is 0 Å². The van der Waals surface area contributed by atoms with Crippen LogP contribution in [0.1, 0.15) is 18.4 Å². The van der Waals surface area contributed by atoms with Crippen molar-refractivity contribution >= 4 is 5.91 Å². The van der Waals surface area contributed by atoms with Crippen LogP contribution in [0.25, 0.3) is 0 Å². The molecule has 1 aromatic rings. The second-order valence-electron chi connectivity index (χ2n) is 5.31. The van der Waals surface area contributed by atoms with Crippen LogP contribution in [0.4, 0.5) is 0 Å². The SMILES string of the molecule is O=C(CCOc1ccc2c(c1)CCCO2)N1CCOCC1. The van der Waals surface area contributed by atoms with Gasteiger partial charge >= 0.3 is 0 Å². The molecule has 5 heteroatoms. The highest BCUT2D eigenvalue weighted by Crippen LogP contribution is 2.28. The molecule has 1 aromatic carbocycles. The molecule has 1 fully saturated rings. The molecule has 0 atom stereocenters. The summed E-state index contributed by atoms with van der Waals surface area (Å²) in [4.78, 5) is 13.8. The second kappa shape index (κ2) is 6.80. The van der Waals surface area contributed by atoms with Crippen molar-refractivity contribution in [2.75, 3.05) is 39.5 Å². The largest absolute Gasteiger partial charge is 0.493 e. The van der Waals surface area contributed by atoms with Gasteiger partial charge in [-0.15, -0.1) is 0 Å². The molecule has 0 radical (unpaired) electrons. The van der Waals surface area contributed by atoms with Crippen LogP contribution in [0.2, 0.25) is 0 Å². The summed E-state index contributed by atoms with van der Waals surface area (Å²) in [5.41, 5.74) is 1.19. The van der Waals surface area contributed by atoms with Gasteiger partial charge in [-0.1, -0.05) is 0 Å². The number of ether oxygens (including phenoxy) is 3. The molecule has 0 aromatic heterocycles. The predicted molar refractivity (Wildman–Crippen MR) is 77.8 cm³/mol. The summed E-state index contributed by atoms with van der Waals surface area (Å²) in [7, 11) is 0. The molecule has 0 spiro atoms. The van der Waals surface area contributed by atoms with Crippen LogP contribution in [0.15, 0.2) is 18.2 Å². The van der Waals surface area contributed by atoms with Crippen LogP contribution < -0.4 is 9.47 Å². The first-order valence-electron chi connectivity index (χ1n) is 7.57. The Balaban J connectivity index is 1.47. The second-order valence-corrected chi connectivity index (χ2v) is 5.31. The summed E-state index contributed by atoms with van der Waals surface area (Å²) in [6, 6.07) is 5.88. The quantitative estimate of drug-likeness (QED) is 0.846. The Morgan fingerprint density at radius 2 is 2.10 bits per heavy atom. The van der Waals surface area contributed by atoms with Crippen molar-refractivity contribution in [1.82, 2.24) is 4.90 Å². The fourth-order valence-electron chi connectivity index (χ4n) is 2.65. The third-order valence-electron chi connectivity index (χ3n) is 3.83. The molecular formula is C16H21NO4. The summed E-state index contributed by atoms with van der Waals surface area (Å²) in [6.45, 7) is 3.86. The highest BCUT2D eigenvalue weighted by Gasteiger charge is 2.16. The van der Waals surface area contributed by atoms with Gasteiger partial charge in [-0.25, -0.2) is 0 Å². The normalized spacial score (nSPS) is 17.8. The number of fused-ring (bicyclic) bond motifs is 1. The van der Waals surface area contributed by atoms with Gasteiger partial charge in [-0.2, -0.15) is 0 Å². The number of nitrogens with zero attached hydrogens (tertiary/aromatic N) is 1. The molecule has 0 unspecified atom stereocenters. The highest BCUT2D eigenvalue weighted by molar-refractivity contribution is 5.76. The Morgan fingerprint density at radius 3 is 2.95 bits per heavy atom. The number of carbonyl (C=O) groups excluding carboxylic acids is 1. The van der Waals surface area contributed by atoms with Gasteiger partial charge in [0, 0.05) is 13.1 Å². The van der Waals surface area contributed by atoms with E-state index in [1.54, 1.807) is 0 Å². The van der Waals surface area contributed by atoms with E-state index in [9.17, 15) is 4.79 Å². The first-order chi connectivity index (χ1) is 10.3. The molecule has 0 bridgehead atoms. The molecule has 114 valence electrons. The van der Waals surface area contributed by atoms with E-state index in [0.29, 0.717) is 39.3 Å². The number of aryl methyl sites for hydroxylation is 1. The van der Waals surface area contributed by atoms with Gasteiger partial charge in [-0.05, 0) is 36.6 Å². The van der Waals surface area contributed by atoms with Gasteiger partial charge in [0.05, 0.1) is 32.8 Å². The molecule has 3 rings (SSSR count). The number of amides is 1. The smallest absolute Gasteiger partial charge is 0.226 e. The topological polar surface area (TPSA) is 48.0 Å². The molecule has 0 N–H and O–H groups in total. The molecule has 0 aliphatic carbocycles. The summed E-state index contributed by atoms with van der Waals surface area (Å²) >= 11 is 0. The Labute approximate surface area is 124 Å². The van der Waals surface area contributed by atoms with E-state index in [1.165, 1.54) is 5.56 Å². The average Bonchev–Trinajstić information content (AvgIpc) is 2.55. The molecular weight excluding hydrogens is 270 g/mol. The number of rotatable bonds is 4. The highest BCUT2D eigenvalue weighted by atomic mass is 16.5. The van der Waals surface area contributed by atoms with Crippen LogP contribution in [-0.4, -0.2) is 50.3 Å². The van der Waals surface area contributed by atoms with E-state index in [4.69, 9.17) is 14.2 Å². The van der Waals surface area contributed by atoms with Crippen LogP contribution in [0.3, 0.4) is 0 Å². The maximum atomic E-state index is 12.0. The average molecular weight is 291 g/mol. The molecule has 0 saturated carbocycles. The lowest BCUT2D eigenvalue weighted by atomic mass is 10.1. The van der Waals surface area contributed by atoms with Crippen molar-refractivity contribution in [3.05, 3.63) is 23.8 Å². The van der Waals surface area contributed by atoms with Crippen LogP contribution in [-0.2, 0) is 16.0 Å². The van der Waals surface area contributed by atoms with Gasteiger partial charge in [-0.3, -0.25) is 4.79 Å². The predicted octanol–water partition coefficient (Wildman–Crippen LogP) is 1.64. The molecule has 1 saturated heterocycles. The van der Waals surface area contributed by atoms with Crippen molar-refractivity contribution in [3.8, 4) is 11.5 Å². The van der Waals surface area contributed by atoms with Crippen molar-refractivity contribution in [3.63, 3.8) is 0 Å². The van der Waals surface area contributed by atoms with Crippen LogP contribution >= 0.6 is 0 Å². The van der Waals surface area contributed by atoms with E-state index in [0.717, 1.165) is 30.9 Å². The molecule has 2 aliphatic heterocycles. The maximum absolute atomic E-state index is 12.0. The fraction of sp³-hybridized carbons (Fsp3) is 0.562. The Kier molecular flexibility index (Phi) is 4.60. The van der Waals surface area contributed by atoms with Crippen molar-refractivity contribution in [1.29, 1.82) is 0 Å². The minimum absolute atomic E-state index is 0.139. The van der Waals surface area contributed by atoms with Crippen LogP contribution in [0, 0.1) is 0 Å². The minimum Gasteiger partial charge on any atom is -0.493 e. The summed E-state index contributed by atoms with van der Waals surface area (Å²) in [5, 5.41) is 0. The Bertz CT molecular complexity index is 497. The zero-order valence-corrected chi connectivity index (χ0v) is 12.2. The lowest BCUT2D eigenvalue weighted by molar-refractivity contribution is -0.135. The van der Waals surface area contributed by atoms with Crippen molar-refractivity contribution < 1.29 is 19.0 Å². The number of hydrogen-bond donors (Lipinski definition) is 0. The minimum atomic E-state index is 0.139. The molecule has 2 aliphatic rings. The van der Waals surface area contributed by atoms with E-state index < -0.39 is 0 Å². The zero-order valence-electron chi connectivity index (χ0n) is 12.2. The molecule has 5 nitrogen and oxygen atoms in total. The van der Waals surface area contributed by atoms with Gasteiger partial charge < -0.3 is 19.1 Å². The van der Waals surface area contributed by atoms with Gasteiger partial charge in [0.1, 0.15) is 11.5 Å². The van der Waals surface area contributed by atoms with E-state index in [2.05, 4.69) is 0 Å². The molecule has 2 heterocycles. The zero-order chi connectivity index (χ0) is 14.5. The van der Waals surface area contributed by atoms with Crippen LogP contribution in [0.5, 0.6) is 11.5 Å². The third-order valence-corrected chi connectivity index (χ3v) is 3.83. The van der Waals surface area contributed by atoms with E-state index in [-0.39, 0.29) is 5.91 Å². The summed E-state index contributed by atoms with van der Waals surface area (Å²) < 4.78 is 16.5. The lowest BCUT2D eigenvalue weighted by Gasteiger charge is -2.26. The monoisotopic (exact) mass is 291 g/mol. The maximum Gasteiger partial charge on any atom is 0.226 e. The first kappa shape index (κ1) is 14.2. The van der Waals surface area contributed by atoms with Crippen molar-refractivity contribution in [2.24, 2.45) is 0 Å². The number of morpholine rings is 1.